The van der Waals surface area contributed by atoms with Gasteiger partial charge in [0.1, 0.15) is 0 Å². The molecule has 1 N–H and O–H groups in total. The first-order valence-corrected chi connectivity index (χ1v) is 9.49. The number of para-hydroxylation sites is 2. The molecule has 1 heterocycles. The maximum atomic E-state index is 4.81. The van der Waals surface area contributed by atoms with E-state index in [1.165, 1.54) is 35.8 Å². The van der Waals surface area contributed by atoms with Gasteiger partial charge in [0.25, 0.3) is 0 Å². The predicted molar refractivity (Wildman–Crippen MR) is 124 cm³/mol. The first kappa shape index (κ1) is 23.5. The van der Waals surface area contributed by atoms with Crippen molar-refractivity contribution >= 4 is 52.3 Å². The molecule has 1 aromatic heterocycles. The Labute approximate surface area is 175 Å². The summed E-state index contributed by atoms with van der Waals surface area (Å²) in [4.78, 5) is 7.30. The first-order chi connectivity index (χ1) is 12.2. The van der Waals surface area contributed by atoms with Gasteiger partial charge in [0.15, 0.2) is 0 Å². The second kappa shape index (κ2) is 11.3. The minimum atomic E-state index is 0. The van der Waals surface area contributed by atoms with Crippen LogP contribution in [0.2, 0.25) is 0 Å². The SMILES string of the molecule is CCN(CC)CCCC(C)Nc1c2ccccc2nc2ccccc12.Cl.Cl. The van der Waals surface area contributed by atoms with Gasteiger partial charge in [-0.1, -0.05) is 50.2 Å². The lowest BCUT2D eigenvalue weighted by atomic mass is 10.1. The van der Waals surface area contributed by atoms with E-state index in [0.29, 0.717) is 6.04 Å². The van der Waals surface area contributed by atoms with E-state index in [4.69, 9.17) is 4.98 Å². The first-order valence-electron chi connectivity index (χ1n) is 9.49. The van der Waals surface area contributed by atoms with Gasteiger partial charge in [-0.3, -0.25) is 0 Å². The van der Waals surface area contributed by atoms with Crippen molar-refractivity contribution in [2.75, 3.05) is 25.0 Å². The lowest BCUT2D eigenvalue weighted by molar-refractivity contribution is 0.295. The van der Waals surface area contributed by atoms with Crippen molar-refractivity contribution in [2.45, 2.75) is 39.7 Å². The van der Waals surface area contributed by atoms with Gasteiger partial charge in [-0.25, -0.2) is 4.98 Å². The van der Waals surface area contributed by atoms with Crippen LogP contribution < -0.4 is 5.32 Å². The van der Waals surface area contributed by atoms with E-state index in [2.05, 4.69) is 79.5 Å². The predicted octanol–water partition coefficient (Wildman–Crippen LogP) is 6.15. The fourth-order valence-electron chi connectivity index (χ4n) is 3.47. The fourth-order valence-corrected chi connectivity index (χ4v) is 3.47. The van der Waals surface area contributed by atoms with Crippen LogP contribution in [-0.2, 0) is 0 Å². The topological polar surface area (TPSA) is 28.2 Å². The maximum absolute atomic E-state index is 4.81. The molecule has 0 amide bonds. The van der Waals surface area contributed by atoms with E-state index in [9.17, 15) is 0 Å². The largest absolute Gasteiger partial charge is 0.381 e. The molecule has 0 aliphatic rings. The van der Waals surface area contributed by atoms with Crippen molar-refractivity contribution in [1.82, 2.24) is 9.88 Å². The number of benzene rings is 2. The van der Waals surface area contributed by atoms with Gasteiger partial charge < -0.3 is 10.2 Å². The van der Waals surface area contributed by atoms with E-state index < -0.39 is 0 Å². The van der Waals surface area contributed by atoms with Crippen LogP contribution in [0.15, 0.2) is 48.5 Å². The number of fused-ring (bicyclic) bond motifs is 2. The normalized spacial score (nSPS) is 11.9. The number of aromatic nitrogens is 1. The molecule has 3 aromatic rings. The molecular formula is C22H31Cl2N3. The quantitative estimate of drug-likeness (QED) is 0.453. The summed E-state index contributed by atoms with van der Waals surface area (Å²) >= 11 is 0. The average Bonchev–Trinajstić information content (AvgIpc) is 2.65. The summed E-state index contributed by atoms with van der Waals surface area (Å²) in [6, 6.07) is 17.3. The van der Waals surface area contributed by atoms with Crippen molar-refractivity contribution in [2.24, 2.45) is 0 Å². The Kier molecular flexibility index (Phi) is 9.86. The Bertz CT molecular complexity index is 780. The molecule has 27 heavy (non-hydrogen) atoms. The number of rotatable bonds is 8. The van der Waals surface area contributed by atoms with Gasteiger partial charge in [-0.2, -0.15) is 0 Å². The summed E-state index contributed by atoms with van der Waals surface area (Å²) in [6.07, 6.45) is 2.39. The molecule has 1 atom stereocenters. The summed E-state index contributed by atoms with van der Waals surface area (Å²) in [5.74, 6) is 0. The molecule has 148 valence electrons. The molecule has 2 aromatic carbocycles. The Morgan fingerprint density at radius 2 is 1.41 bits per heavy atom. The van der Waals surface area contributed by atoms with Crippen LogP contribution in [-0.4, -0.2) is 35.6 Å². The van der Waals surface area contributed by atoms with Gasteiger partial charge in [-0.05, 0) is 51.5 Å². The van der Waals surface area contributed by atoms with Gasteiger partial charge in [0.05, 0.1) is 16.7 Å². The molecule has 1 unspecified atom stereocenters. The minimum Gasteiger partial charge on any atom is -0.381 e. The van der Waals surface area contributed by atoms with Gasteiger partial charge in [-0.15, -0.1) is 24.8 Å². The maximum Gasteiger partial charge on any atom is 0.0730 e. The Hall–Kier alpha value is -1.55. The Morgan fingerprint density at radius 1 is 0.889 bits per heavy atom. The monoisotopic (exact) mass is 407 g/mol. The third-order valence-electron chi connectivity index (χ3n) is 4.98. The number of pyridine rings is 1. The molecule has 0 saturated carbocycles. The van der Waals surface area contributed by atoms with E-state index in [1.807, 2.05) is 0 Å². The molecule has 5 heteroatoms. The summed E-state index contributed by atoms with van der Waals surface area (Å²) in [5.41, 5.74) is 3.33. The molecule has 3 rings (SSSR count). The molecule has 0 spiro atoms. The lowest BCUT2D eigenvalue weighted by Crippen LogP contribution is -2.25. The number of nitrogens with one attached hydrogen (secondary N) is 1. The number of hydrogen-bond acceptors (Lipinski definition) is 3. The second-order valence-electron chi connectivity index (χ2n) is 6.74. The van der Waals surface area contributed by atoms with Crippen LogP contribution in [0.3, 0.4) is 0 Å². The number of nitrogens with zero attached hydrogens (tertiary/aromatic N) is 2. The zero-order valence-corrected chi connectivity index (χ0v) is 18.1. The zero-order chi connectivity index (χ0) is 17.6. The van der Waals surface area contributed by atoms with Crippen molar-refractivity contribution < 1.29 is 0 Å². The van der Waals surface area contributed by atoms with Crippen LogP contribution >= 0.6 is 24.8 Å². The van der Waals surface area contributed by atoms with E-state index >= 15 is 0 Å². The summed E-state index contributed by atoms with van der Waals surface area (Å²) in [6.45, 7) is 10.2. The number of hydrogen-bond donors (Lipinski definition) is 1. The van der Waals surface area contributed by atoms with Crippen LogP contribution in [0.5, 0.6) is 0 Å². The number of halogens is 2. The number of anilines is 1. The van der Waals surface area contributed by atoms with Crippen molar-refractivity contribution in [3.05, 3.63) is 48.5 Å². The molecule has 0 bridgehead atoms. The highest BCUT2D eigenvalue weighted by Crippen LogP contribution is 2.31. The molecule has 0 fully saturated rings. The second-order valence-corrected chi connectivity index (χ2v) is 6.74. The Morgan fingerprint density at radius 3 is 1.93 bits per heavy atom. The molecular weight excluding hydrogens is 377 g/mol. The van der Waals surface area contributed by atoms with E-state index in [1.54, 1.807) is 0 Å². The summed E-state index contributed by atoms with van der Waals surface area (Å²) in [5, 5.41) is 6.19. The Balaban J connectivity index is 0.00000182. The van der Waals surface area contributed by atoms with Crippen LogP contribution in [0, 0.1) is 0 Å². The molecule has 0 radical (unpaired) electrons. The van der Waals surface area contributed by atoms with E-state index in [0.717, 1.165) is 24.1 Å². The average molecular weight is 408 g/mol. The van der Waals surface area contributed by atoms with Crippen molar-refractivity contribution in [3.63, 3.8) is 0 Å². The van der Waals surface area contributed by atoms with Crippen molar-refractivity contribution in [3.8, 4) is 0 Å². The van der Waals surface area contributed by atoms with E-state index in [-0.39, 0.29) is 24.8 Å². The zero-order valence-electron chi connectivity index (χ0n) is 16.4. The smallest absolute Gasteiger partial charge is 0.0730 e. The highest BCUT2D eigenvalue weighted by atomic mass is 35.5. The standard InChI is InChI=1S/C22H29N3.2ClH/c1-4-25(5-2)16-10-11-17(3)23-22-18-12-6-8-14-20(18)24-21-15-9-7-13-19(21)22;;/h6-9,12-15,17H,4-5,10-11,16H2,1-3H3,(H,23,24);2*1H. The van der Waals surface area contributed by atoms with Gasteiger partial charge in [0.2, 0.25) is 0 Å². The molecule has 0 aliphatic heterocycles. The lowest BCUT2D eigenvalue weighted by Gasteiger charge is -2.21. The third kappa shape index (κ3) is 5.71. The van der Waals surface area contributed by atoms with Crippen LogP contribution in [0.1, 0.15) is 33.6 Å². The van der Waals surface area contributed by atoms with Gasteiger partial charge in [0, 0.05) is 16.8 Å². The van der Waals surface area contributed by atoms with Crippen molar-refractivity contribution in [1.29, 1.82) is 0 Å². The van der Waals surface area contributed by atoms with Gasteiger partial charge >= 0.3 is 0 Å². The molecule has 0 saturated heterocycles. The highest BCUT2D eigenvalue weighted by Gasteiger charge is 2.11. The fraction of sp³-hybridized carbons (Fsp3) is 0.409. The highest BCUT2D eigenvalue weighted by molar-refractivity contribution is 6.07. The molecule has 0 aliphatic carbocycles. The summed E-state index contributed by atoms with van der Waals surface area (Å²) < 4.78 is 0. The molecule has 3 nitrogen and oxygen atoms in total. The minimum absolute atomic E-state index is 0. The van der Waals surface area contributed by atoms with Crippen LogP contribution in [0.25, 0.3) is 21.8 Å². The van der Waals surface area contributed by atoms with Crippen LogP contribution in [0.4, 0.5) is 5.69 Å². The summed E-state index contributed by atoms with van der Waals surface area (Å²) in [7, 11) is 0. The third-order valence-corrected chi connectivity index (χ3v) is 4.98.